The van der Waals surface area contributed by atoms with Gasteiger partial charge in [0, 0.05) is 25.4 Å². The van der Waals surface area contributed by atoms with Crippen molar-refractivity contribution in [2.75, 3.05) is 13.7 Å². The van der Waals surface area contributed by atoms with Gasteiger partial charge < -0.3 is 15.4 Å². The first-order chi connectivity index (χ1) is 10.7. The molecule has 1 aromatic heterocycles. The van der Waals surface area contributed by atoms with Crippen molar-refractivity contribution in [2.24, 2.45) is 12.0 Å². The minimum absolute atomic E-state index is 0. The summed E-state index contributed by atoms with van der Waals surface area (Å²) >= 11 is 0. The third-order valence-corrected chi connectivity index (χ3v) is 3.30. The van der Waals surface area contributed by atoms with Gasteiger partial charge in [0.25, 0.3) is 0 Å². The molecule has 6 nitrogen and oxygen atoms in total. The monoisotopic (exact) mass is 429 g/mol. The molecule has 0 fully saturated rings. The molecule has 2 aromatic rings. The number of aryl methyl sites for hydroxylation is 1. The van der Waals surface area contributed by atoms with Crippen molar-refractivity contribution in [3.63, 3.8) is 0 Å². The van der Waals surface area contributed by atoms with Crippen LogP contribution < -0.4 is 15.4 Å². The molecule has 0 atom stereocenters. The summed E-state index contributed by atoms with van der Waals surface area (Å²) in [6.45, 7) is 4.09. The number of nitrogens with zero attached hydrogens (tertiary/aromatic N) is 3. The molecule has 7 heteroatoms. The number of rotatable bonds is 6. The second kappa shape index (κ2) is 10.1. The van der Waals surface area contributed by atoms with Crippen molar-refractivity contribution in [3.05, 3.63) is 47.8 Å². The number of methoxy groups -OCH3 is 1. The molecule has 0 bridgehead atoms. The van der Waals surface area contributed by atoms with E-state index in [4.69, 9.17) is 4.74 Å². The van der Waals surface area contributed by atoms with Gasteiger partial charge in [0.05, 0.1) is 25.9 Å². The Balaban J connectivity index is 0.00000264. The molecular formula is C16H24IN5O. The normalized spacial score (nSPS) is 10.8. The summed E-state index contributed by atoms with van der Waals surface area (Å²) in [4.78, 5) is 4.61. The summed E-state index contributed by atoms with van der Waals surface area (Å²) in [6, 6.07) is 9.89. The fourth-order valence-corrected chi connectivity index (χ4v) is 2.09. The minimum Gasteiger partial charge on any atom is -0.496 e. The Morgan fingerprint density at radius 2 is 2.04 bits per heavy atom. The highest BCUT2D eigenvalue weighted by molar-refractivity contribution is 14.0. The van der Waals surface area contributed by atoms with Gasteiger partial charge in [-0.15, -0.1) is 24.0 Å². The Morgan fingerprint density at radius 3 is 2.70 bits per heavy atom. The zero-order valence-corrected chi connectivity index (χ0v) is 16.1. The van der Waals surface area contributed by atoms with E-state index >= 15 is 0 Å². The quantitative estimate of drug-likeness (QED) is 0.420. The molecule has 0 radical (unpaired) electrons. The number of ether oxygens (including phenoxy) is 1. The van der Waals surface area contributed by atoms with Gasteiger partial charge >= 0.3 is 0 Å². The van der Waals surface area contributed by atoms with E-state index in [0.717, 1.165) is 29.5 Å². The third-order valence-electron chi connectivity index (χ3n) is 3.30. The fourth-order valence-electron chi connectivity index (χ4n) is 2.09. The second-order valence-corrected chi connectivity index (χ2v) is 4.81. The summed E-state index contributed by atoms with van der Waals surface area (Å²) in [5, 5.41) is 10.7. The van der Waals surface area contributed by atoms with Crippen LogP contribution in [0.3, 0.4) is 0 Å². The number of aliphatic imine (C=N–C) groups is 1. The smallest absolute Gasteiger partial charge is 0.191 e. The van der Waals surface area contributed by atoms with E-state index in [0.29, 0.717) is 13.1 Å². The van der Waals surface area contributed by atoms with Crippen LogP contribution in [0.5, 0.6) is 5.75 Å². The number of guanidine groups is 1. The summed E-state index contributed by atoms with van der Waals surface area (Å²) in [5.41, 5.74) is 2.16. The van der Waals surface area contributed by atoms with Gasteiger partial charge in [-0.2, -0.15) is 5.10 Å². The van der Waals surface area contributed by atoms with Crippen LogP contribution in [-0.2, 0) is 20.1 Å². The lowest BCUT2D eigenvalue weighted by molar-refractivity contribution is 0.410. The van der Waals surface area contributed by atoms with E-state index in [-0.39, 0.29) is 24.0 Å². The maximum Gasteiger partial charge on any atom is 0.191 e. The predicted molar refractivity (Wildman–Crippen MR) is 103 cm³/mol. The molecule has 2 N–H and O–H groups in total. The topological polar surface area (TPSA) is 63.5 Å². The Kier molecular flexibility index (Phi) is 8.46. The fraction of sp³-hybridized carbons (Fsp3) is 0.375. The first-order valence-corrected chi connectivity index (χ1v) is 7.35. The highest BCUT2D eigenvalue weighted by atomic mass is 127. The van der Waals surface area contributed by atoms with Crippen LogP contribution in [0.2, 0.25) is 0 Å². The van der Waals surface area contributed by atoms with Crippen LogP contribution in [0.4, 0.5) is 0 Å². The second-order valence-electron chi connectivity index (χ2n) is 4.81. The zero-order chi connectivity index (χ0) is 15.8. The maximum absolute atomic E-state index is 5.35. The summed E-state index contributed by atoms with van der Waals surface area (Å²) in [7, 11) is 3.60. The van der Waals surface area contributed by atoms with Crippen LogP contribution >= 0.6 is 24.0 Å². The van der Waals surface area contributed by atoms with Gasteiger partial charge in [0.15, 0.2) is 5.96 Å². The molecule has 0 saturated carbocycles. The van der Waals surface area contributed by atoms with Crippen molar-refractivity contribution in [2.45, 2.75) is 20.0 Å². The lowest BCUT2D eigenvalue weighted by Crippen LogP contribution is -2.37. The number of hydrogen-bond acceptors (Lipinski definition) is 3. The van der Waals surface area contributed by atoms with Gasteiger partial charge in [0.2, 0.25) is 0 Å². The van der Waals surface area contributed by atoms with E-state index in [9.17, 15) is 0 Å². The molecule has 2 rings (SSSR count). The van der Waals surface area contributed by atoms with Crippen molar-refractivity contribution in [3.8, 4) is 5.75 Å². The number of hydrogen-bond donors (Lipinski definition) is 2. The molecule has 0 unspecified atom stereocenters. The van der Waals surface area contributed by atoms with Crippen LogP contribution in [-0.4, -0.2) is 29.4 Å². The van der Waals surface area contributed by atoms with Crippen LogP contribution in [0.15, 0.2) is 41.5 Å². The number of aromatic nitrogens is 2. The van der Waals surface area contributed by atoms with E-state index in [1.54, 1.807) is 13.3 Å². The van der Waals surface area contributed by atoms with Gasteiger partial charge in [0.1, 0.15) is 5.75 Å². The molecule has 0 amide bonds. The van der Waals surface area contributed by atoms with Gasteiger partial charge in [-0.05, 0) is 19.1 Å². The van der Waals surface area contributed by atoms with E-state index in [1.807, 2.05) is 49.0 Å². The molecular weight excluding hydrogens is 405 g/mol. The maximum atomic E-state index is 5.35. The van der Waals surface area contributed by atoms with Crippen LogP contribution in [0, 0.1) is 0 Å². The first kappa shape index (κ1) is 19.3. The minimum atomic E-state index is 0. The van der Waals surface area contributed by atoms with Crippen molar-refractivity contribution in [1.29, 1.82) is 0 Å². The lowest BCUT2D eigenvalue weighted by Gasteiger charge is -2.12. The summed E-state index contributed by atoms with van der Waals surface area (Å²) < 4.78 is 7.19. The van der Waals surface area contributed by atoms with E-state index in [1.165, 1.54) is 0 Å². The standard InChI is InChI=1S/C16H23N5O.HI/c1-4-17-16(19-12-14-9-10-20-21(14)2)18-11-13-7-5-6-8-15(13)22-3;/h5-10H,4,11-12H2,1-3H3,(H2,17,18,19);1H. The third kappa shape index (κ3) is 5.74. The van der Waals surface area contributed by atoms with Gasteiger partial charge in [-0.3, -0.25) is 4.68 Å². The van der Waals surface area contributed by atoms with Gasteiger partial charge in [-0.1, -0.05) is 18.2 Å². The molecule has 0 aliphatic heterocycles. The summed E-state index contributed by atoms with van der Waals surface area (Å²) in [5.74, 6) is 1.63. The molecule has 1 heterocycles. The Bertz CT molecular complexity index is 626. The zero-order valence-electron chi connectivity index (χ0n) is 13.7. The lowest BCUT2D eigenvalue weighted by atomic mass is 10.2. The molecule has 0 saturated heterocycles. The molecule has 126 valence electrons. The van der Waals surface area contributed by atoms with Crippen molar-refractivity contribution >= 4 is 29.9 Å². The average Bonchev–Trinajstić information content (AvgIpc) is 2.95. The molecule has 0 spiro atoms. The Labute approximate surface area is 154 Å². The largest absolute Gasteiger partial charge is 0.496 e. The van der Waals surface area contributed by atoms with Crippen molar-refractivity contribution in [1.82, 2.24) is 20.4 Å². The number of halogens is 1. The SMILES string of the molecule is CCNC(=NCc1ccccc1OC)NCc1ccnn1C.I. The molecule has 0 aliphatic rings. The Hall–Kier alpha value is -1.77. The molecule has 1 aromatic carbocycles. The van der Waals surface area contributed by atoms with E-state index in [2.05, 4.69) is 20.7 Å². The highest BCUT2D eigenvalue weighted by Crippen LogP contribution is 2.17. The number of nitrogens with one attached hydrogen (secondary N) is 2. The van der Waals surface area contributed by atoms with Crippen molar-refractivity contribution < 1.29 is 4.74 Å². The Morgan fingerprint density at radius 1 is 1.26 bits per heavy atom. The first-order valence-electron chi connectivity index (χ1n) is 7.35. The highest BCUT2D eigenvalue weighted by Gasteiger charge is 2.03. The van der Waals surface area contributed by atoms with E-state index < -0.39 is 0 Å². The van der Waals surface area contributed by atoms with Crippen LogP contribution in [0.25, 0.3) is 0 Å². The summed E-state index contributed by atoms with van der Waals surface area (Å²) in [6.07, 6.45) is 1.79. The predicted octanol–water partition coefficient (Wildman–Crippen LogP) is 2.30. The molecule has 0 aliphatic carbocycles. The number of benzene rings is 1. The molecule has 23 heavy (non-hydrogen) atoms. The van der Waals surface area contributed by atoms with Crippen LogP contribution in [0.1, 0.15) is 18.2 Å². The number of para-hydroxylation sites is 1. The van der Waals surface area contributed by atoms with Gasteiger partial charge in [-0.25, -0.2) is 4.99 Å². The average molecular weight is 429 g/mol.